The van der Waals surface area contributed by atoms with Crippen LogP contribution in [0.3, 0.4) is 0 Å². The van der Waals surface area contributed by atoms with E-state index in [0.717, 1.165) is 11.8 Å². The van der Waals surface area contributed by atoms with Gasteiger partial charge in [-0.2, -0.15) is 0 Å². The topological polar surface area (TPSA) is 0 Å². The molecule has 0 N–H and O–H groups in total. The molecule has 0 spiro atoms. The molecular formula is C8H9BrF2S. The second kappa shape index (κ2) is 3.42. The SMILES string of the molecule is Cc1ccc(C(Br)C(C)(F)F)s1. The lowest BCUT2D eigenvalue weighted by molar-refractivity contribution is 0.0221. The fraction of sp³-hybridized carbons (Fsp3) is 0.500. The summed E-state index contributed by atoms with van der Waals surface area (Å²) < 4.78 is 25.5. The van der Waals surface area contributed by atoms with Crippen LogP contribution in [-0.2, 0) is 0 Å². The molecule has 1 aromatic rings. The van der Waals surface area contributed by atoms with Gasteiger partial charge in [0, 0.05) is 16.7 Å². The maximum absolute atomic E-state index is 12.8. The van der Waals surface area contributed by atoms with E-state index in [4.69, 9.17) is 0 Å². The van der Waals surface area contributed by atoms with E-state index in [1.54, 1.807) is 6.07 Å². The molecule has 0 fully saturated rings. The number of thiophene rings is 1. The first-order valence-corrected chi connectivity index (χ1v) is 5.22. The Labute approximate surface area is 82.7 Å². The molecule has 0 aromatic carbocycles. The van der Waals surface area contributed by atoms with E-state index >= 15 is 0 Å². The second-order valence-electron chi connectivity index (χ2n) is 2.77. The summed E-state index contributed by atoms with van der Waals surface area (Å²) in [6, 6.07) is 3.58. The van der Waals surface area contributed by atoms with Gasteiger partial charge in [-0.05, 0) is 19.1 Å². The fourth-order valence-corrected chi connectivity index (χ4v) is 2.23. The van der Waals surface area contributed by atoms with Crippen molar-refractivity contribution in [3.8, 4) is 0 Å². The molecule has 0 nitrogen and oxygen atoms in total. The first kappa shape index (κ1) is 10.1. The molecule has 0 saturated heterocycles. The van der Waals surface area contributed by atoms with Crippen molar-refractivity contribution in [1.29, 1.82) is 0 Å². The zero-order valence-corrected chi connectivity index (χ0v) is 9.18. The first-order chi connectivity index (χ1) is 5.41. The number of halogens is 3. The van der Waals surface area contributed by atoms with Crippen LogP contribution < -0.4 is 0 Å². The summed E-state index contributed by atoms with van der Waals surface area (Å²) in [4.78, 5) is 0.877. The summed E-state index contributed by atoms with van der Waals surface area (Å²) in [5, 5.41) is 0. The molecular weight excluding hydrogens is 246 g/mol. The van der Waals surface area contributed by atoms with Gasteiger partial charge >= 0.3 is 0 Å². The summed E-state index contributed by atoms with van der Waals surface area (Å²) >= 11 is 4.38. The lowest BCUT2D eigenvalue weighted by Crippen LogP contribution is -2.15. The van der Waals surface area contributed by atoms with Gasteiger partial charge in [0.25, 0.3) is 5.92 Å². The molecule has 0 aliphatic heterocycles. The molecule has 0 aliphatic carbocycles. The Morgan fingerprint density at radius 3 is 2.42 bits per heavy atom. The molecule has 4 heteroatoms. The Bertz CT molecular complexity index is 264. The summed E-state index contributed by atoms with van der Waals surface area (Å²) in [6.07, 6.45) is 0. The number of hydrogen-bond acceptors (Lipinski definition) is 1. The van der Waals surface area contributed by atoms with E-state index in [-0.39, 0.29) is 0 Å². The van der Waals surface area contributed by atoms with Crippen molar-refractivity contribution in [2.24, 2.45) is 0 Å². The van der Waals surface area contributed by atoms with Gasteiger partial charge in [-0.3, -0.25) is 0 Å². The van der Waals surface area contributed by atoms with Crippen LogP contribution in [0.5, 0.6) is 0 Å². The highest BCUT2D eigenvalue weighted by Crippen LogP contribution is 2.40. The molecule has 1 rings (SSSR count). The van der Waals surface area contributed by atoms with E-state index in [1.165, 1.54) is 11.3 Å². The van der Waals surface area contributed by atoms with Crippen molar-refractivity contribution in [2.75, 3.05) is 0 Å². The van der Waals surface area contributed by atoms with Crippen LogP contribution in [0.4, 0.5) is 8.78 Å². The van der Waals surface area contributed by atoms with Gasteiger partial charge in [0.15, 0.2) is 0 Å². The van der Waals surface area contributed by atoms with Crippen molar-refractivity contribution in [3.05, 3.63) is 21.9 Å². The molecule has 1 unspecified atom stereocenters. The molecule has 0 amide bonds. The maximum Gasteiger partial charge on any atom is 0.262 e. The summed E-state index contributed by atoms with van der Waals surface area (Å²) in [5.74, 6) is -2.70. The molecule has 1 heterocycles. The minimum Gasteiger partial charge on any atom is -0.206 e. The van der Waals surface area contributed by atoms with Crippen molar-refractivity contribution in [3.63, 3.8) is 0 Å². The van der Waals surface area contributed by atoms with Crippen LogP contribution in [0.2, 0.25) is 0 Å². The molecule has 0 saturated carbocycles. The standard InChI is InChI=1S/C8H9BrF2S/c1-5-3-4-6(12-5)7(9)8(2,10)11/h3-4,7H,1-2H3. The van der Waals surface area contributed by atoms with Crippen molar-refractivity contribution in [2.45, 2.75) is 24.6 Å². The summed E-state index contributed by atoms with van der Waals surface area (Å²) in [6.45, 7) is 2.82. The van der Waals surface area contributed by atoms with Crippen LogP contribution >= 0.6 is 27.3 Å². The van der Waals surface area contributed by atoms with E-state index in [0.29, 0.717) is 4.88 Å². The quantitative estimate of drug-likeness (QED) is 0.696. The Hall–Kier alpha value is 0.0400. The van der Waals surface area contributed by atoms with Crippen LogP contribution in [0.1, 0.15) is 21.5 Å². The molecule has 12 heavy (non-hydrogen) atoms. The predicted octanol–water partition coefficient (Wildman–Crippen LogP) is 4.15. The Morgan fingerprint density at radius 2 is 2.08 bits per heavy atom. The van der Waals surface area contributed by atoms with Gasteiger partial charge in [-0.15, -0.1) is 11.3 Å². The lowest BCUT2D eigenvalue weighted by atomic mass is 10.2. The van der Waals surface area contributed by atoms with E-state index in [2.05, 4.69) is 15.9 Å². The van der Waals surface area contributed by atoms with Crippen molar-refractivity contribution >= 4 is 27.3 Å². The van der Waals surface area contributed by atoms with Crippen molar-refractivity contribution in [1.82, 2.24) is 0 Å². The van der Waals surface area contributed by atoms with Crippen LogP contribution in [-0.4, -0.2) is 5.92 Å². The second-order valence-corrected chi connectivity index (χ2v) is 5.00. The average Bonchev–Trinajstić information content (AvgIpc) is 2.32. The van der Waals surface area contributed by atoms with Gasteiger partial charge in [0.2, 0.25) is 0 Å². The molecule has 1 aromatic heterocycles. The number of aryl methyl sites for hydroxylation is 1. The Kier molecular flexibility index (Phi) is 2.88. The molecule has 0 bridgehead atoms. The monoisotopic (exact) mass is 254 g/mol. The highest BCUT2D eigenvalue weighted by molar-refractivity contribution is 9.09. The zero-order chi connectivity index (χ0) is 9.35. The zero-order valence-electron chi connectivity index (χ0n) is 6.77. The highest BCUT2D eigenvalue weighted by atomic mass is 79.9. The average molecular weight is 255 g/mol. The normalized spacial score (nSPS) is 14.8. The van der Waals surface area contributed by atoms with E-state index < -0.39 is 10.7 Å². The molecule has 68 valence electrons. The Balaban J connectivity index is 2.85. The van der Waals surface area contributed by atoms with E-state index in [9.17, 15) is 8.78 Å². The predicted molar refractivity (Wildman–Crippen MR) is 51.3 cm³/mol. The first-order valence-electron chi connectivity index (χ1n) is 3.49. The Morgan fingerprint density at radius 1 is 1.50 bits per heavy atom. The largest absolute Gasteiger partial charge is 0.262 e. The number of rotatable bonds is 2. The fourth-order valence-electron chi connectivity index (χ4n) is 0.839. The summed E-state index contributed by atoms with van der Waals surface area (Å²) in [7, 11) is 0. The van der Waals surface area contributed by atoms with Gasteiger partial charge < -0.3 is 0 Å². The van der Waals surface area contributed by atoms with Crippen molar-refractivity contribution < 1.29 is 8.78 Å². The maximum atomic E-state index is 12.8. The third kappa shape index (κ3) is 2.26. The molecule has 1 atom stereocenters. The molecule has 0 aliphatic rings. The summed E-state index contributed by atoms with van der Waals surface area (Å²) in [5.41, 5.74) is 0. The minimum atomic E-state index is -2.70. The molecule has 0 radical (unpaired) electrons. The minimum absolute atomic E-state index is 0.681. The van der Waals surface area contributed by atoms with Crippen LogP contribution in [0.15, 0.2) is 12.1 Å². The lowest BCUT2D eigenvalue weighted by Gasteiger charge is -2.15. The van der Waals surface area contributed by atoms with Gasteiger partial charge in [-0.1, -0.05) is 15.9 Å². The smallest absolute Gasteiger partial charge is 0.206 e. The van der Waals surface area contributed by atoms with Gasteiger partial charge in [-0.25, -0.2) is 8.78 Å². The third-order valence-electron chi connectivity index (χ3n) is 1.46. The van der Waals surface area contributed by atoms with Crippen LogP contribution in [0.25, 0.3) is 0 Å². The number of hydrogen-bond donors (Lipinski definition) is 0. The van der Waals surface area contributed by atoms with Gasteiger partial charge in [0.05, 0.1) is 0 Å². The highest BCUT2D eigenvalue weighted by Gasteiger charge is 2.33. The van der Waals surface area contributed by atoms with Crippen LogP contribution in [0, 0.1) is 6.92 Å². The third-order valence-corrected chi connectivity index (χ3v) is 4.12. The van der Waals surface area contributed by atoms with E-state index in [1.807, 2.05) is 13.0 Å². The van der Waals surface area contributed by atoms with Gasteiger partial charge in [0.1, 0.15) is 4.83 Å². The number of alkyl halides is 3.